The number of hydrogen-bond acceptors (Lipinski definition) is 4. The number of benzene rings is 1. The van der Waals surface area contributed by atoms with Gasteiger partial charge < -0.3 is 19.9 Å². The summed E-state index contributed by atoms with van der Waals surface area (Å²) in [6.45, 7) is 0.962. The number of hydrogen-bond donors (Lipinski definition) is 2. The molecule has 0 aliphatic carbocycles. The van der Waals surface area contributed by atoms with E-state index in [4.69, 9.17) is 26.2 Å². The van der Waals surface area contributed by atoms with Crippen molar-refractivity contribution in [2.75, 3.05) is 19.9 Å². The summed E-state index contributed by atoms with van der Waals surface area (Å²) in [6, 6.07) is 3.21. The number of fused-ring (bicyclic) bond motifs is 1. The number of carbonyl (C=O) groups excluding carboxylic acids is 1. The van der Waals surface area contributed by atoms with Crippen LogP contribution in [0.3, 0.4) is 0 Å². The summed E-state index contributed by atoms with van der Waals surface area (Å²) >= 11 is 6.03. The maximum Gasteiger partial charge on any atom is 0.251 e. The summed E-state index contributed by atoms with van der Waals surface area (Å²) in [5, 5.41) is 11.9. The van der Waals surface area contributed by atoms with E-state index < -0.39 is 0 Å². The Hall–Kier alpha value is -1.46. The van der Waals surface area contributed by atoms with Crippen molar-refractivity contribution in [3.63, 3.8) is 0 Å². The van der Waals surface area contributed by atoms with Gasteiger partial charge in [0.1, 0.15) is 0 Å². The first-order chi connectivity index (χ1) is 9.72. The van der Waals surface area contributed by atoms with Crippen LogP contribution < -0.4 is 14.8 Å². The molecule has 110 valence electrons. The van der Waals surface area contributed by atoms with Crippen molar-refractivity contribution in [2.45, 2.75) is 25.7 Å². The number of ether oxygens (including phenoxy) is 2. The Morgan fingerprint density at radius 3 is 2.85 bits per heavy atom. The summed E-state index contributed by atoms with van der Waals surface area (Å²) in [6.07, 6.45) is 3.67. The Labute approximate surface area is 122 Å². The van der Waals surface area contributed by atoms with Gasteiger partial charge in [0.2, 0.25) is 6.79 Å². The number of amides is 1. The number of aliphatic hydroxyl groups is 1. The lowest BCUT2D eigenvalue weighted by molar-refractivity contribution is 0.0952. The van der Waals surface area contributed by atoms with Crippen LogP contribution in [0.1, 0.15) is 36.0 Å². The molecule has 1 amide bonds. The van der Waals surface area contributed by atoms with E-state index in [0.717, 1.165) is 25.7 Å². The van der Waals surface area contributed by atoms with Gasteiger partial charge in [0.25, 0.3) is 5.91 Å². The van der Waals surface area contributed by atoms with E-state index in [1.165, 1.54) is 0 Å². The molecule has 6 heteroatoms. The van der Waals surface area contributed by atoms with Crippen LogP contribution in [0.2, 0.25) is 5.02 Å². The highest BCUT2D eigenvalue weighted by Gasteiger charge is 2.20. The van der Waals surface area contributed by atoms with Gasteiger partial charge in [-0.25, -0.2) is 0 Å². The Morgan fingerprint density at radius 2 is 2.05 bits per heavy atom. The van der Waals surface area contributed by atoms with Crippen LogP contribution >= 0.6 is 11.6 Å². The first-order valence-electron chi connectivity index (χ1n) is 6.70. The molecule has 20 heavy (non-hydrogen) atoms. The van der Waals surface area contributed by atoms with Crippen molar-refractivity contribution in [3.05, 3.63) is 22.7 Å². The first-order valence-corrected chi connectivity index (χ1v) is 7.08. The molecule has 0 aromatic heterocycles. The Kier molecular flexibility index (Phi) is 5.49. The molecular weight excluding hydrogens is 282 g/mol. The number of rotatable bonds is 7. The second-order valence-corrected chi connectivity index (χ2v) is 4.99. The van der Waals surface area contributed by atoms with Crippen LogP contribution in [-0.2, 0) is 0 Å². The zero-order valence-corrected chi connectivity index (χ0v) is 11.9. The largest absolute Gasteiger partial charge is 0.454 e. The summed E-state index contributed by atoms with van der Waals surface area (Å²) in [4.78, 5) is 12.0. The van der Waals surface area contributed by atoms with Crippen molar-refractivity contribution in [2.24, 2.45) is 0 Å². The highest BCUT2D eigenvalue weighted by molar-refractivity contribution is 6.32. The smallest absolute Gasteiger partial charge is 0.251 e. The summed E-state index contributed by atoms with van der Waals surface area (Å²) < 4.78 is 10.4. The third-order valence-corrected chi connectivity index (χ3v) is 3.34. The first kappa shape index (κ1) is 14.9. The highest BCUT2D eigenvalue weighted by atomic mass is 35.5. The Balaban J connectivity index is 1.82. The molecule has 1 aromatic carbocycles. The fraction of sp³-hybridized carbons (Fsp3) is 0.500. The molecule has 0 saturated heterocycles. The molecule has 0 radical (unpaired) electrons. The third kappa shape index (κ3) is 3.77. The molecule has 1 aliphatic heterocycles. The molecule has 0 bridgehead atoms. The second kappa shape index (κ2) is 7.36. The molecule has 0 unspecified atom stereocenters. The fourth-order valence-corrected chi connectivity index (χ4v) is 2.26. The molecule has 2 rings (SSSR count). The minimum atomic E-state index is -0.174. The van der Waals surface area contributed by atoms with E-state index in [1.807, 2.05) is 0 Å². The minimum absolute atomic E-state index is 0.130. The predicted molar refractivity (Wildman–Crippen MR) is 75.5 cm³/mol. The molecule has 5 nitrogen and oxygen atoms in total. The van der Waals surface area contributed by atoms with Crippen molar-refractivity contribution < 1.29 is 19.4 Å². The predicted octanol–water partition coefficient (Wildman–Crippen LogP) is 2.35. The van der Waals surface area contributed by atoms with Gasteiger partial charge in [-0.2, -0.15) is 0 Å². The van der Waals surface area contributed by atoms with Gasteiger partial charge in [0.15, 0.2) is 11.5 Å². The quantitative estimate of drug-likeness (QED) is 0.758. The van der Waals surface area contributed by atoms with Crippen LogP contribution in [0.4, 0.5) is 0 Å². The van der Waals surface area contributed by atoms with Crippen LogP contribution in [0.25, 0.3) is 0 Å². The van der Waals surface area contributed by atoms with Crippen molar-refractivity contribution >= 4 is 17.5 Å². The van der Waals surface area contributed by atoms with Gasteiger partial charge in [-0.1, -0.05) is 24.4 Å². The standard InChI is InChI=1S/C14H18ClNO4/c15-11-7-10(8-12-13(11)20-9-19-12)14(18)16-5-3-1-2-4-6-17/h7-8,17H,1-6,9H2,(H,16,18). The van der Waals surface area contributed by atoms with E-state index in [2.05, 4.69) is 5.32 Å². The summed E-state index contributed by atoms with van der Waals surface area (Å²) in [7, 11) is 0. The van der Waals surface area contributed by atoms with E-state index in [0.29, 0.717) is 28.6 Å². The molecule has 0 atom stereocenters. The van der Waals surface area contributed by atoms with Crippen molar-refractivity contribution in [1.29, 1.82) is 0 Å². The average Bonchev–Trinajstić information content (AvgIpc) is 2.91. The number of carbonyl (C=O) groups is 1. The van der Waals surface area contributed by atoms with E-state index >= 15 is 0 Å². The normalized spacial score (nSPS) is 12.5. The van der Waals surface area contributed by atoms with Crippen molar-refractivity contribution in [1.82, 2.24) is 5.32 Å². The Morgan fingerprint density at radius 1 is 1.25 bits per heavy atom. The van der Waals surface area contributed by atoms with Gasteiger partial charge >= 0.3 is 0 Å². The average molecular weight is 300 g/mol. The van der Waals surface area contributed by atoms with E-state index in [-0.39, 0.29) is 19.3 Å². The molecular formula is C14H18ClNO4. The van der Waals surface area contributed by atoms with E-state index in [1.54, 1.807) is 12.1 Å². The monoisotopic (exact) mass is 299 g/mol. The number of unbranched alkanes of at least 4 members (excludes halogenated alkanes) is 3. The second-order valence-electron chi connectivity index (χ2n) is 4.59. The minimum Gasteiger partial charge on any atom is -0.454 e. The Bertz CT molecular complexity index is 478. The maximum atomic E-state index is 12.0. The molecule has 0 fully saturated rings. The van der Waals surface area contributed by atoms with Gasteiger partial charge in [-0.15, -0.1) is 0 Å². The lowest BCUT2D eigenvalue weighted by Gasteiger charge is -2.07. The summed E-state index contributed by atoms with van der Waals surface area (Å²) in [5.41, 5.74) is 0.467. The molecule has 1 aliphatic rings. The van der Waals surface area contributed by atoms with Gasteiger partial charge in [-0.3, -0.25) is 4.79 Å². The van der Waals surface area contributed by atoms with Crippen molar-refractivity contribution in [3.8, 4) is 11.5 Å². The lowest BCUT2D eigenvalue weighted by atomic mass is 10.1. The van der Waals surface area contributed by atoms with Gasteiger partial charge in [-0.05, 0) is 25.0 Å². The maximum absolute atomic E-state index is 12.0. The fourth-order valence-electron chi connectivity index (χ4n) is 1.99. The zero-order chi connectivity index (χ0) is 14.4. The van der Waals surface area contributed by atoms with Crippen LogP contribution in [0.15, 0.2) is 12.1 Å². The van der Waals surface area contributed by atoms with E-state index in [9.17, 15) is 4.79 Å². The molecule has 2 N–H and O–H groups in total. The molecule has 1 aromatic rings. The molecule has 0 saturated carbocycles. The molecule has 1 heterocycles. The van der Waals surface area contributed by atoms with Crippen LogP contribution in [-0.4, -0.2) is 31.0 Å². The lowest BCUT2D eigenvalue weighted by Crippen LogP contribution is -2.24. The van der Waals surface area contributed by atoms with Crippen LogP contribution in [0.5, 0.6) is 11.5 Å². The number of nitrogens with one attached hydrogen (secondary N) is 1. The molecule has 0 spiro atoms. The topological polar surface area (TPSA) is 67.8 Å². The number of halogens is 1. The van der Waals surface area contributed by atoms with Crippen LogP contribution in [0, 0.1) is 0 Å². The highest BCUT2D eigenvalue weighted by Crippen LogP contribution is 2.39. The van der Waals surface area contributed by atoms with Gasteiger partial charge in [0, 0.05) is 18.7 Å². The number of aliphatic hydroxyl groups excluding tert-OH is 1. The summed E-state index contributed by atoms with van der Waals surface area (Å²) in [5.74, 6) is 0.824. The SMILES string of the molecule is O=C(NCCCCCCO)c1cc(Cl)c2c(c1)OCO2. The third-order valence-electron chi connectivity index (χ3n) is 3.06. The van der Waals surface area contributed by atoms with Gasteiger partial charge in [0.05, 0.1) is 5.02 Å². The zero-order valence-electron chi connectivity index (χ0n) is 11.2.